The van der Waals surface area contributed by atoms with E-state index in [4.69, 9.17) is 4.74 Å². The maximum Gasteiger partial charge on any atom is 0.387 e. The van der Waals surface area contributed by atoms with Crippen molar-refractivity contribution in [3.8, 4) is 11.5 Å². The molecule has 2 amide bonds. The zero-order valence-corrected chi connectivity index (χ0v) is 14.5. The fourth-order valence-corrected chi connectivity index (χ4v) is 2.16. The number of rotatable bonds is 8. The predicted molar refractivity (Wildman–Crippen MR) is 93.7 cm³/mol. The number of alkyl halides is 2. The second kappa shape index (κ2) is 9.26. The third-order valence-corrected chi connectivity index (χ3v) is 3.41. The van der Waals surface area contributed by atoms with Gasteiger partial charge in [0, 0.05) is 17.3 Å². The maximum atomic E-state index is 12.1. The minimum atomic E-state index is -2.95. The number of ether oxygens (including phenoxy) is 2. The highest BCUT2D eigenvalue weighted by Gasteiger charge is 2.18. The van der Waals surface area contributed by atoms with Gasteiger partial charge in [-0.2, -0.15) is 8.78 Å². The van der Waals surface area contributed by atoms with E-state index in [1.807, 2.05) is 0 Å². The number of anilines is 1. The number of hydrogen-bond donors (Lipinski definition) is 2. The van der Waals surface area contributed by atoms with Crippen molar-refractivity contribution < 1.29 is 32.8 Å². The molecule has 0 bridgehead atoms. The van der Waals surface area contributed by atoms with Crippen LogP contribution < -0.4 is 20.1 Å². The minimum Gasteiger partial charge on any atom is -0.490 e. The van der Waals surface area contributed by atoms with Crippen LogP contribution in [-0.2, 0) is 4.79 Å². The van der Waals surface area contributed by atoms with Gasteiger partial charge >= 0.3 is 12.3 Å². The van der Waals surface area contributed by atoms with E-state index in [1.165, 1.54) is 43.5 Å². The average Bonchev–Trinajstić information content (AvgIpc) is 2.66. The van der Waals surface area contributed by atoms with Crippen LogP contribution in [0.1, 0.15) is 10.4 Å². The van der Waals surface area contributed by atoms with Crippen LogP contribution in [0.15, 0.2) is 42.5 Å². The van der Waals surface area contributed by atoms with Gasteiger partial charge in [0.15, 0.2) is 5.75 Å². The summed E-state index contributed by atoms with van der Waals surface area (Å²) >= 11 is 0. The summed E-state index contributed by atoms with van der Waals surface area (Å²) in [6, 6.07) is 8.83. The Hall–Kier alpha value is -3.76. The molecule has 11 heteroatoms. The molecule has 0 atom stereocenters. The lowest BCUT2D eigenvalue weighted by atomic mass is 10.1. The number of nitro groups is 1. The van der Waals surface area contributed by atoms with Crippen molar-refractivity contribution >= 4 is 23.2 Å². The number of carbonyl (C=O) groups is 2. The lowest BCUT2D eigenvalue weighted by Gasteiger charge is -2.09. The smallest absolute Gasteiger partial charge is 0.387 e. The van der Waals surface area contributed by atoms with Crippen LogP contribution in [0.4, 0.5) is 20.2 Å². The van der Waals surface area contributed by atoms with Gasteiger partial charge in [0.1, 0.15) is 5.75 Å². The second-order valence-electron chi connectivity index (χ2n) is 5.28. The zero-order valence-electron chi connectivity index (χ0n) is 14.5. The first kappa shape index (κ1) is 20.6. The predicted octanol–water partition coefficient (Wildman–Crippen LogP) is 2.57. The zero-order chi connectivity index (χ0) is 20.7. The van der Waals surface area contributed by atoms with Crippen LogP contribution in [0, 0.1) is 10.1 Å². The van der Waals surface area contributed by atoms with Gasteiger partial charge < -0.3 is 20.1 Å². The number of methoxy groups -OCH3 is 1. The first-order chi connectivity index (χ1) is 13.3. The standard InChI is InChI=1S/C17H15F2N3O6/c1-27-14-7-2-10(8-13(14)22(25)26)16(24)20-9-15(23)21-11-3-5-12(6-4-11)28-17(18)19/h2-8,17H,9H2,1H3,(H,20,24)(H,21,23). The number of hydrogen-bond acceptors (Lipinski definition) is 6. The molecule has 0 aliphatic heterocycles. The molecular formula is C17H15F2N3O6. The van der Waals surface area contributed by atoms with Gasteiger partial charge in [-0.1, -0.05) is 0 Å². The van der Waals surface area contributed by atoms with Crippen LogP contribution >= 0.6 is 0 Å². The van der Waals surface area contributed by atoms with E-state index >= 15 is 0 Å². The van der Waals surface area contributed by atoms with Gasteiger partial charge in [-0.3, -0.25) is 19.7 Å². The number of halogens is 2. The van der Waals surface area contributed by atoms with E-state index < -0.39 is 29.9 Å². The third-order valence-electron chi connectivity index (χ3n) is 3.41. The Balaban J connectivity index is 1.92. The fraction of sp³-hybridized carbons (Fsp3) is 0.176. The van der Waals surface area contributed by atoms with E-state index in [0.29, 0.717) is 5.69 Å². The highest BCUT2D eigenvalue weighted by Crippen LogP contribution is 2.27. The Labute approximate surface area is 157 Å². The highest BCUT2D eigenvalue weighted by atomic mass is 19.3. The monoisotopic (exact) mass is 395 g/mol. The lowest BCUT2D eigenvalue weighted by molar-refractivity contribution is -0.385. The SMILES string of the molecule is COc1ccc(C(=O)NCC(=O)Nc2ccc(OC(F)F)cc2)cc1[N+](=O)[O-]. The molecule has 0 heterocycles. The van der Waals surface area contributed by atoms with Gasteiger partial charge in [-0.05, 0) is 36.4 Å². The largest absolute Gasteiger partial charge is 0.490 e. The summed E-state index contributed by atoms with van der Waals surface area (Å²) in [4.78, 5) is 34.3. The number of carbonyl (C=O) groups excluding carboxylic acids is 2. The molecule has 28 heavy (non-hydrogen) atoms. The van der Waals surface area contributed by atoms with Crippen molar-refractivity contribution in [3.63, 3.8) is 0 Å². The topological polar surface area (TPSA) is 120 Å². The van der Waals surface area contributed by atoms with Gasteiger partial charge in [0.05, 0.1) is 18.6 Å². The number of nitro benzene ring substituents is 1. The van der Waals surface area contributed by atoms with Crippen LogP contribution in [0.25, 0.3) is 0 Å². The van der Waals surface area contributed by atoms with E-state index in [-0.39, 0.29) is 22.7 Å². The van der Waals surface area contributed by atoms with E-state index in [2.05, 4.69) is 15.4 Å². The van der Waals surface area contributed by atoms with Gasteiger partial charge in [0.25, 0.3) is 5.91 Å². The summed E-state index contributed by atoms with van der Waals surface area (Å²) < 4.78 is 33.2. The van der Waals surface area contributed by atoms with Crippen molar-refractivity contribution in [2.75, 3.05) is 19.0 Å². The molecule has 0 unspecified atom stereocenters. The highest BCUT2D eigenvalue weighted by molar-refractivity contribution is 5.99. The van der Waals surface area contributed by atoms with Crippen LogP contribution in [0.2, 0.25) is 0 Å². The quantitative estimate of drug-likeness (QED) is 0.524. The van der Waals surface area contributed by atoms with Crippen molar-refractivity contribution in [1.82, 2.24) is 5.32 Å². The first-order valence-electron chi connectivity index (χ1n) is 7.75. The van der Waals surface area contributed by atoms with Crippen LogP contribution in [0.3, 0.4) is 0 Å². The Bertz CT molecular complexity index is 874. The van der Waals surface area contributed by atoms with E-state index in [1.54, 1.807) is 0 Å². The molecule has 2 aromatic rings. The average molecular weight is 395 g/mol. The summed E-state index contributed by atoms with van der Waals surface area (Å²) in [7, 11) is 1.26. The molecule has 2 aromatic carbocycles. The first-order valence-corrected chi connectivity index (χ1v) is 7.75. The maximum absolute atomic E-state index is 12.1. The molecule has 0 saturated carbocycles. The van der Waals surface area contributed by atoms with Crippen LogP contribution in [-0.4, -0.2) is 37.0 Å². The third kappa shape index (κ3) is 5.62. The molecule has 2 rings (SSSR count). The van der Waals surface area contributed by atoms with Gasteiger partial charge in [-0.25, -0.2) is 0 Å². The molecule has 0 radical (unpaired) electrons. The normalized spacial score (nSPS) is 10.3. The van der Waals surface area contributed by atoms with Gasteiger partial charge in [0.2, 0.25) is 5.91 Å². The Morgan fingerprint density at radius 2 is 1.86 bits per heavy atom. The number of amides is 2. The second-order valence-corrected chi connectivity index (χ2v) is 5.28. The molecule has 0 aliphatic carbocycles. The molecule has 0 fully saturated rings. The molecular weight excluding hydrogens is 380 g/mol. The van der Waals surface area contributed by atoms with E-state index in [0.717, 1.165) is 6.07 Å². The molecule has 0 spiro atoms. The lowest BCUT2D eigenvalue weighted by Crippen LogP contribution is -2.32. The molecule has 148 valence electrons. The number of benzene rings is 2. The van der Waals surface area contributed by atoms with Crippen molar-refractivity contribution in [2.45, 2.75) is 6.61 Å². The Morgan fingerprint density at radius 1 is 1.18 bits per heavy atom. The van der Waals surface area contributed by atoms with Crippen LogP contribution in [0.5, 0.6) is 11.5 Å². The summed E-state index contributed by atoms with van der Waals surface area (Å²) in [6.45, 7) is -3.36. The van der Waals surface area contributed by atoms with Crippen molar-refractivity contribution in [3.05, 3.63) is 58.1 Å². The molecule has 0 saturated heterocycles. The number of nitrogens with zero attached hydrogens (tertiary/aromatic N) is 1. The molecule has 9 nitrogen and oxygen atoms in total. The van der Waals surface area contributed by atoms with E-state index in [9.17, 15) is 28.5 Å². The molecule has 2 N–H and O–H groups in total. The number of nitrogens with one attached hydrogen (secondary N) is 2. The summed E-state index contributed by atoms with van der Waals surface area (Å²) in [5.74, 6) is -1.35. The summed E-state index contributed by atoms with van der Waals surface area (Å²) in [6.07, 6.45) is 0. The summed E-state index contributed by atoms with van der Waals surface area (Å²) in [5, 5.41) is 15.8. The molecule has 0 aromatic heterocycles. The fourth-order valence-electron chi connectivity index (χ4n) is 2.16. The Morgan fingerprint density at radius 3 is 2.43 bits per heavy atom. The minimum absolute atomic E-state index is 0.00133. The van der Waals surface area contributed by atoms with Crippen molar-refractivity contribution in [2.24, 2.45) is 0 Å². The van der Waals surface area contributed by atoms with Crippen molar-refractivity contribution in [1.29, 1.82) is 0 Å². The Kier molecular flexibility index (Phi) is 6.79. The molecule has 0 aliphatic rings. The summed E-state index contributed by atoms with van der Waals surface area (Å²) in [5.41, 5.74) is -0.0968. The van der Waals surface area contributed by atoms with Gasteiger partial charge in [-0.15, -0.1) is 0 Å².